The molecular weight excluding hydrogens is 194 g/mol. The lowest BCUT2D eigenvalue weighted by molar-refractivity contribution is 0.0167. The molecular formula is C10H17N3O2. The summed E-state index contributed by atoms with van der Waals surface area (Å²) in [7, 11) is 0. The molecule has 0 aliphatic carbocycles. The van der Waals surface area contributed by atoms with Crippen LogP contribution < -0.4 is 5.32 Å². The number of hydrogen-bond acceptors (Lipinski definition) is 5. The molecule has 1 N–H and O–H groups in total. The first-order valence-corrected chi connectivity index (χ1v) is 5.46. The highest BCUT2D eigenvalue weighted by atomic mass is 16.5. The Hall–Kier alpha value is -0.940. The van der Waals surface area contributed by atoms with Gasteiger partial charge in [-0.2, -0.15) is 4.98 Å². The number of rotatable bonds is 4. The summed E-state index contributed by atoms with van der Waals surface area (Å²) < 4.78 is 10.5. The van der Waals surface area contributed by atoms with E-state index in [1.54, 1.807) is 6.92 Å². The number of nitrogens with one attached hydrogen (secondary N) is 1. The third kappa shape index (κ3) is 3.28. The van der Waals surface area contributed by atoms with Crippen LogP contribution in [0.2, 0.25) is 0 Å². The molecule has 1 aromatic heterocycles. The normalized spacial score (nSPS) is 21.8. The fraction of sp³-hybridized carbons (Fsp3) is 0.800. The third-order valence-electron chi connectivity index (χ3n) is 2.50. The van der Waals surface area contributed by atoms with E-state index in [-0.39, 0.29) is 0 Å². The molecule has 0 amide bonds. The molecule has 2 heterocycles. The maximum atomic E-state index is 5.59. The van der Waals surface area contributed by atoms with Crippen molar-refractivity contribution in [3.63, 3.8) is 0 Å². The van der Waals surface area contributed by atoms with E-state index in [2.05, 4.69) is 15.5 Å². The van der Waals surface area contributed by atoms with Crippen molar-refractivity contribution in [3.05, 3.63) is 11.7 Å². The van der Waals surface area contributed by atoms with Gasteiger partial charge < -0.3 is 14.6 Å². The van der Waals surface area contributed by atoms with Gasteiger partial charge in [0.05, 0.1) is 12.6 Å². The highest BCUT2D eigenvalue weighted by molar-refractivity contribution is 4.83. The fourth-order valence-corrected chi connectivity index (χ4v) is 1.73. The number of aryl methyl sites for hydroxylation is 1. The lowest BCUT2D eigenvalue weighted by Crippen LogP contribution is -2.31. The minimum Gasteiger partial charge on any atom is -0.377 e. The van der Waals surface area contributed by atoms with E-state index in [0.29, 0.717) is 24.4 Å². The van der Waals surface area contributed by atoms with Gasteiger partial charge in [0.1, 0.15) is 0 Å². The molecule has 0 saturated carbocycles. The Morgan fingerprint density at radius 1 is 1.47 bits per heavy atom. The second-order valence-electron chi connectivity index (χ2n) is 3.85. The zero-order valence-electron chi connectivity index (χ0n) is 9.03. The average molecular weight is 211 g/mol. The highest BCUT2D eigenvalue weighted by Crippen LogP contribution is 2.11. The molecule has 0 aromatic carbocycles. The molecule has 1 aliphatic rings. The molecule has 0 radical (unpaired) electrons. The van der Waals surface area contributed by atoms with Crippen molar-refractivity contribution in [1.82, 2.24) is 15.5 Å². The number of aromatic nitrogens is 2. The van der Waals surface area contributed by atoms with Crippen LogP contribution in [0.4, 0.5) is 0 Å². The first-order valence-electron chi connectivity index (χ1n) is 5.46. The molecule has 1 aliphatic heterocycles. The van der Waals surface area contributed by atoms with Crippen molar-refractivity contribution in [2.24, 2.45) is 0 Å². The quantitative estimate of drug-likeness (QED) is 0.806. The van der Waals surface area contributed by atoms with Crippen molar-refractivity contribution in [2.75, 3.05) is 13.2 Å². The minimum absolute atomic E-state index is 0.353. The molecule has 1 fully saturated rings. The SMILES string of the molecule is Cc1nc(CNCC2CCCCO2)no1. The molecule has 15 heavy (non-hydrogen) atoms. The van der Waals surface area contributed by atoms with Gasteiger partial charge in [0.25, 0.3) is 0 Å². The monoisotopic (exact) mass is 211 g/mol. The lowest BCUT2D eigenvalue weighted by Gasteiger charge is -2.22. The third-order valence-corrected chi connectivity index (χ3v) is 2.50. The van der Waals surface area contributed by atoms with Crippen LogP contribution in [0.15, 0.2) is 4.52 Å². The summed E-state index contributed by atoms with van der Waals surface area (Å²) >= 11 is 0. The van der Waals surface area contributed by atoms with Gasteiger partial charge in [-0.25, -0.2) is 0 Å². The summed E-state index contributed by atoms with van der Waals surface area (Å²) in [6.45, 7) is 4.21. The zero-order chi connectivity index (χ0) is 10.5. The Balaban J connectivity index is 1.65. The molecule has 0 spiro atoms. The Morgan fingerprint density at radius 2 is 2.40 bits per heavy atom. The molecule has 1 atom stereocenters. The largest absolute Gasteiger partial charge is 0.377 e. The van der Waals surface area contributed by atoms with E-state index in [1.807, 2.05) is 0 Å². The Morgan fingerprint density at radius 3 is 3.07 bits per heavy atom. The van der Waals surface area contributed by atoms with Gasteiger partial charge >= 0.3 is 0 Å². The lowest BCUT2D eigenvalue weighted by atomic mass is 10.1. The first-order chi connectivity index (χ1) is 7.34. The van der Waals surface area contributed by atoms with Crippen molar-refractivity contribution >= 4 is 0 Å². The molecule has 1 saturated heterocycles. The van der Waals surface area contributed by atoms with Gasteiger partial charge in [-0.15, -0.1) is 0 Å². The molecule has 2 rings (SSSR count). The van der Waals surface area contributed by atoms with Gasteiger partial charge in [-0.1, -0.05) is 5.16 Å². The summed E-state index contributed by atoms with van der Waals surface area (Å²) in [6.07, 6.45) is 3.97. The maximum absolute atomic E-state index is 5.59. The number of hydrogen-bond donors (Lipinski definition) is 1. The maximum Gasteiger partial charge on any atom is 0.223 e. The second-order valence-corrected chi connectivity index (χ2v) is 3.85. The van der Waals surface area contributed by atoms with E-state index in [1.165, 1.54) is 12.8 Å². The van der Waals surface area contributed by atoms with Gasteiger partial charge in [0.15, 0.2) is 5.82 Å². The summed E-state index contributed by atoms with van der Waals surface area (Å²) in [5.41, 5.74) is 0. The summed E-state index contributed by atoms with van der Waals surface area (Å²) in [5.74, 6) is 1.32. The van der Waals surface area contributed by atoms with Crippen LogP contribution in [0.25, 0.3) is 0 Å². The number of ether oxygens (including phenoxy) is 1. The highest BCUT2D eigenvalue weighted by Gasteiger charge is 2.13. The smallest absolute Gasteiger partial charge is 0.223 e. The van der Waals surface area contributed by atoms with Gasteiger partial charge in [-0.05, 0) is 19.3 Å². The van der Waals surface area contributed by atoms with Gasteiger partial charge in [0, 0.05) is 20.1 Å². The summed E-state index contributed by atoms with van der Waals surface area (Å²) in [5, 5.41) is 7.08. The molecule has 5 heteroatoms. The van der Waals surface area contributed by atoms with E-state index in [0.717, 1.165) is 19.6 Å². The summed E-state index contributed by atoms with van der Waals surface area (Å²) in [6, 6.07) is 0. The van der Waals surface area contributed by atoms with Crippen LogP contribution in [0.3, 0.4) is 0 Å². The minimum atomic E-state index is 0.353. The predicted octanol–water partition coefficient (Wildman–Crippen LogP) is 1.04. The molecule has 1 aromatic rings. The zero-order valence-corrected chi connectivity index (χ0v) is 9.03. The predicted molar refractivity (Wildman–Crippen MR) is 54.3 cm³/mol. The van der Waals surface area contributed by atoms with Crippen LogP contribution in [0, 0.1) is 6.92 Å². The van der Waals surface area contributed by atoms with Crippen molar-refractivity contribution in [2.45, 2.75) is 38.8 Å². The fourth-order valence-electron chi connectivity index (χ4n) is 1.73. The summed E-state index contributed by atoms with van der Waals surface area (Å²) in [4.78, 5) is 4.11. The Kier molecular flexibility index (Phi) is 3.69. The molecule has 5 nitrogen and oxygen atoms in total. The first kappa shape index (κ1) is 10.6. The van der Waals surface area contributed by atoms with Crippen LogP contribution in [-0.4, -0.2) is 29.4 Å². The van der Waals surface area contributed by atoms with Gasteiger partial charge in [-0.3, -0.25) is 0 Å². The molecule has 1 unspecified atom stereocenters. The van der Waals surface area contributed by atoms with E-state index >= 15 is 0 Å². The van der Waals surface area contributed by atoms with Crippen LogP contribution in [0.5, 0.6) is 0 Å². The van der Waals surface area contributed by atoms with Crippen molar-refractivity contribution in [1.29, 1.82) is 0 Å². The van der Waals surface area contributed by atoms with E-state index < -0.39 is 0 Å². The van der Waals surface area contributed by atoms with Crippen LogP contribution >= 0.6 is 0 Å². The standard InChI is InChI=1S/C10H17N3O2/c1-8-12-10(13-15-8)7-11-6-9-4-2-3-5-14-9/h9,11H,2-7H2,1H3. The molecule has 0 bridgehead atoms. The Bertz CT molecular complexity index is 295. The molecule has 84 valence electrons. The Labute approximate surface area is 89.2 Å². The van der Waals surface area contributed by atoms with E-state index in [4.69, 9.17) is 9.26 Å². The van der Waals surface area contributed by atoms with Gasteiger partial charge in [0.2, 0.25) is 5.89 Å². The van der Waals surface area contributed by atoms with Crippen LogP contribution in [0.1, 0.15) is 31.0 Å². The number of nitrogens with zero attached hydrogens (tertiary/aromatic N) is 2. The van der Waals surface area contributed by atoms with Crippen molar-refractivity contribution < 1.29 is 9.26 Å². The average Bonchev–Trinajstić information content (AvgIpc) is 2.66. The van der Waals surface area contributed by atoms with E-state index in [9.17, 15) is 0 Å². The van der Waals surface area contributed by atoms with Crippen molar-refractivity contribution in [3.8, 4) is 0 Å². The topological polar surface area (TPSA) is 60.2 Å². The van der Waals surface area contributed by atoms with Crippen LogP contribution in [-0.2, 0) is 11.3 Å². The second kappa shape index (κ2) is 5.23.